The van der Waals surface area contributed by atoms with E-state index in [4.69, 9.17) is 27.9 Å². The highest BCUT2D eigenvalue weighted by Crippen LogP contribution is 2.40. The number of carbonyl (C=O) groups is 2. The molecule has 0 heterocycles. The minimum Gasteiger partial charge on any atom is -0.504 e. The van der Waals surface area contributed by atoms with Crippen molar-refractivity contribution in [2.24, 2.45) is 0 Å². The average molecular weight is 629 g/mol. The number of phenolic OH excluding ortho intramolecular Hbond substituents is 1. The number of nitrogens with one attached hydrogen (secondary N) is 3. The monoisotopic (exact) mass is 627 g/mol. The molecule has 4 N–H and O–H groups in total. The Labute approximate surface area is 265 Å². The summed E-state index contributed by atoms with van der Waals surface area (Å²) in [6.07, 6.45) is 1.66. The van der Waals surface area contributed by atoms with Gasteiger partial charge in [-0.3, -0.25) is 4.79 Å². The molecule has 3 rings (SSSR count). The van der Waals surface area contributed by atoms with Crippen LogP contribution < -0.4 is 20.7 Å². The lowest BCUT2D eigenvalue weighted by Gasteiger charge is -2.31. The summed E-state index contributed by atoms with van der Waals surface area (Å²) in [5.41, 5.74) is 3.70. The third kappa shape index (κ3) is 8.15. The van der Waals surface area contributed by atoms with Gasteiger partial charge < -0.3 is 25.8 Å². The first-order valence-corrected chi connectivity index (χ1v) is 15.4. The molecule has 0 bridgehead atoms. The second kappa shape index (κ2) is 13.9. The molecule has 9 heteroatoms. The number of phenols is 1. The molecule has 0 fully saturated rings. The number of ether oxygens (including phenoxy) is 1. The van der Waals surface area contributed by atoms with E-state index in [0.29, 0.717) is 34.1 Å². The average Bonchev–Trinajstić information content (AvgIpc) is 2.97. The summed E-state index contributed by atoms with van der Waals surface area (Å²) in [6.45, 7) is 16.8. The van der Waals surface area contributed by atoms with Gasteiger partial charge in [0.2, 0.25) is 0 Å². The maximum atomic E-state index is 13.4. The fraction of sp³-hybridized carbons (Fsp3) is 0.412. The number of rotatable bonds is 11. The molecule has 0 saturated carbocycles. The van der Waals surface area contributed by atoms with E-state index in [1.807, 2.05) is 13.0 Å². The van der Waals surface area contributed by atoms with E-state index in [2.05, 4.69) is 69.6 Å². The van der Waals surface area contributed by atoms with Crippen LogP contribution in [-0.2, 0) is 15.6 Å². The van der Waals surface area contributed by atoms with E-state index >= 15 is 0 Å². The second-order valence-corrected chi connectivity index (χ2v) is 12.8. The molecule has 0 aromatic heterocycles. The minimum absolute atomic E-state index is 0.0230. The number of anilines is 3. The van der Waals surface area contributed by atoms with Crippen LogP contribution in [0.25, 0.3) is 0 Å². The number of benzene rings is 3. The SMILES string of the molecule is CCC(Oc1ccc(C(C)(C)CC)cc1C(C)(C)CC)C(=O)Nc1cccc(NC(=O)Nc2cc(Cl)c(C)c(Cl)c2O)c1. The fourth-order valence-corrected chi connectivity index (χ4v) is 4.89. The Morgan fingerprint density at radius 2 is 1.51 bits per heavy atom. The van der Waals surface area contributed by atoms with Crippen LogP contribution in [0.4, 0.5) is 21.9 Å². The molecule has 43 heavy (non-hydrogen) atoms. The van der Waals surface area contributed by atoms with Crippen LogP contribution in [0.5, 0.6) is 11.5 Å². The van der Waals surface area contributed by atoms with E-state index in [0.717, 1.165) is 18.4 Å². The molecular weight excluding hydrogens is 585 g/mol. The smallest absolute Gasteiger partial charge is 0.323 e. The molecule has 0 radical (unpaired) electrons. The molecule has 7 nitrogen and oxygen atoms in total. The highest BCUT2D eigenvalue weighted by atomic mass is 35.5. The number of halogens is 2. The minimum atomic E-state index is -0.727. The molecule has 1 unspecified atom stereocenters. The van der Waals surface area contributed by atoms with Gasteiger partial charge in [0.15, 0.2) is 11.9 Å². The van der Waals surface area contributed by atoms with Crippen LogP contribution in [-0.4, -0.2) is 23.1 Å². The predicted octanol–water partition coefficient (Wildman–Crippen LogP) is 9.82. The number of urea groups is 1. The van der Waals surface area contributed by atoms with Crippen LogP contribution in [0, 0.1) is 6.92 Å². The van der Waals surface area contributed by atoms with Crippen molar-refractivity contribution in [3.63, 3.8) is 0 Å². The van der Waals surface area contributed by atoms with Gasteiger partial charge in [0.25, 0.3) is 5.91 Å². The van der Waals surface area contributed by atoms with Gasteiger partial charge in [0.05, 0.1) is 10.7 Å². The van der Waals surface area contributed by atoms with Crippen molar-refractivity contribution in [1.29, 1.82) is 0 Å². The van der Waals surface area contributed by atoms with Crippen LogP contribution in [0.15, 0.2) is 48.5 Å². The third-order valence-electron chi connectivity index (χ3n) is 8.25. The first-order valence-electron chi connectivity index (χ1n) is 14.6. The zero-order chi connectivity index (χ0) is 32.1. The maximum Gasteiger partial charge on any atom is 0.323 e. The zero-order valence-corrected chi connectivity index (χ0v) is 27.8. The van der Waals surface area contributed by atoms with Crippen molar-refractivity contribution in [2.75, 3.05) is 16.0 Å². The Morgan fingerprint density at radius 1 is 0.884 bits per heavy atom. The molecule has 3 aromatic carbocycles. The molecule has 0 aliphatic rings. The van der Waals surface area contributed by atoms with Crippen molar-refractivity contribution < 1.29 is 19.4 Å². The summed E-state index contributed by atoms with van der Waals surface area (Å²) >= 11 is 12.2. The molecular formula is C34H43Cl2N3O4. The van der Waals surface area contributed by atoms with Gasteiger partial charge in [-0.15, -0.1) is 0 Å². The van der Waals surface area contributed by atoms with Crippen molar-refractivity contribution in [3.05, 3.63) is 75.3 Å². The highest BCUT2D eigenvalue weighted by molar-refractivity contribution is 6.37. The molecule has 232 valence electrons. The van der Waals surface area contributed by atoms with E-state index in [1.165, 1.54) is 11.6 Å². The molecule has 0 spiro atoms. The largest absolute Gasteiger partial charge is 0.504 e. The van der Waals surface area contributed by atoms with E-state index in [-0.39, 0.29) is 33.2 Å². The summed E-state index contributed by atoms with van der Waals surface area (Å²) in [5, 5.41) is 18.8. The number of carbonyl (C=O) groups excluding carboxylic acids is 2. The van der Waals surface area contributed by atoms with Crippen LogP contribution in [0.3, 0.4) is 0 Å². The van der Waals surface area contributed by atoms with Crippen molar-refractivity contribution in [3.8, 4) is 11.5 Å². The summed E-state index contributed by atoms with van der Waals surface area (Å²) < 4.78 is 6.38. The third-order valence-corrected chi connectivity index (χ3v) is 9.10. The maximum absolute atomic E-state index is 13.4. The summed E-state index contributed by atoms with van der Waals surface area (Å²) in [4.78, 5) is 26.0. The molecule has 0 saturated heterocycles. The molecule has 3 amide bonds. The first kappa shape index (κ1) is 34.1. The van der Waals surface area contributed by atoms with E-state index in [1.54, 1.807) is 31.2 Å². The predicted molar refractivity (Wildman–Crippen MR) is 178 cm³/mol. The Hall–Kier alpha value is -3.42. The zero-order valence-electron chi connectivity index (χ0n) is 26.2. The van der Waals surface area contributed by atoms with Gasteiger partial charge in [-0.1, -0.05) is 89.9 Å². The lowest BCUT2D eigenvalue weighted by atomic mass is 9.76. The van der Waals surface area contributed by atoms with Crippen molar-refractivity contribution in [2.45, 2.75) is 91.6 Å². The van der Waals surface area contributed by atoms with Gasteiger partial charge in [-0.2, -0.15) is 0 Å². The quantitative estimate of drug-likeness (QED) is 0.159. The Balaban J connectivity index is 1.76. The first-order chi connectivity index (χ1) is 20.1. The van der Waals surface area contributed by atoms with Gasteiger partial charge in [-0.25, -0.2) is 4.79 Å². The molecule has 0 aliphatic heterocycles. The van der Waals surface area contributed by atoms with E-state index in [9.17, 15) is 14.7 Å². The molecule has 1 atom stereocenters. The Kier molecular flexibility index (Phi) is 11.0. The topological polar surface area (TPSA) is 99.7 Å². The van der Waals surface area contributed by atoms with Crippen molar-refractivity contribution >= 4 is 52.2 Å². The number of aromatic hydroxyl groups is 1. The van der Waals surface area contributed by atoms with Gasteiger partial charge in [0.1, 0.15) is 5.75 Å². The number of hydrogen-bond acceptors (Lipinski definition) is 4. The van der Waals surface area contributed by atoms with E-state index < -0.39 is 12.1 Å². The summed E-state index contributed by atoms with van der Waals surface area (Å²) in [6, 6.07) is 13.9. The number of amides is 3. The van der Waals surface area contributed by atoms with Gasteiger partial charge in [0, 0.05) is 22.0 Å². The normalized spacial score (nSPS) is 12.4. The van der Waals surface area contributed by atoms with Crippen LogP contribution in [0.2, 0.25) is 10.0 Å². The second-order valence-electron chi connectivity index (χ2n) is 12.0. The van der Waals surface area contributed by atoms with Gasteiger partial charge >= 0.3 is 6.03 Å². The molecule has 3 aromatic rings. The summed E-state index contributed by atoms with van der Waals surface area (Å²) in [7, 11) is 0. The Morgan fingerprint density at radius 3 is 2.12 bits per heavy atom. The Bertz CT molecular complexity index is 1490. The van der Waals surface area contributed by atoms with Crippen LogP contribution in [0.1, 0.15) is 84.4 Å². The standard InChI is InChI=1S/C34H43Cl2N3O4/c1-9-27(43-28-16-15-21(33(5,6)10-2)17-24(28)34(7,8)11-3)31(41)37-22-13-12-14-23(18-22)38-32(42)39-26-19-25(35)20(4)29(36)30(26)40/h12-19,27,40H,9-11H2,1-8H3,(H,37,41)(H2,38,39,42). The fourth-order valence-electron chi connectivity index (χ4n) is 4.43. The van der Waals surface area contributed by atoms with Crippen LogP contribution >= 0.6 is 23.2 Å². The van der Waals surface area contributed by atoms with Gasteiger partial charge in [-0.05, 0) is 78.5 Å². The highest BCUT2D eigenvalue weighted by Gasteiger charge is 2.29. The summed E-state index contributed by atoms with van der Waals surface area (Å²) in [5.74, 6) is 0.131. The molecule has 0 aliphatic carbocycles. The number of hydrogen-bond donors (Lipinski definition) is 4. The van der Waals surface area contributed by atoms with Crippen molar-refractivity contribution in [1.82, 2.24) is 0 Å². The lowest BCUT2D eigenvalue weighted by Crippen LogP contribution is -2.33. The lowest BCUT2D eigenvalue weighted by molar-refractivity contribution is -0.122.